The van der Waals surface area contributed by atoms with Gasteiger partial charge >= 0.3 is 0 Å². The maximum Gasteiger partial charge on any atom is 0.225 e. The largest absolute Gasteiger partial charge is 0.457 e. The van der Waals surface area contributed by atoms with Gasteiger partial charge in [-0.05, 0) is 42.8 Å². The Bertz CT molecular complexity index is 958. The van der Waals surface area contributed by atoms with E-state index in [4.69, 9.17) is 21.4 Å². The van der Waals surface area contributed by atoms with E-state index in [1.165, 1.54) is 0 Å². The molecule has 0 fully saturated rings. The van der Waals surface area contributed by atoms with Gasteiger partial charge in [-0.25, -0.2) is 4.68 Å². The van der Waals surface area contributed by atoms with Crippen molar-refractivity contribution in [1.29, 1.82) is 0 Å². The first-order valence-electron chi connectivity index (χ1n) is 9.12. The van der Waals surface area contributed by atoms with Crippen LogP contribution in [-0.4, -0.2) is 21.6 Å². The molecule has 1 aromatic heterocycles. The lowest BCUT2D eigenvalue weighted by Crippen LogP contribution is -2.16. The lowest BCUT2D eigenvalue weighted by atomic mass is 10.2. The van der Waals surface area contributed by atoms with Crippen LogP contribution in [0.2, 0.25) is 0 Å². The van der Waals surface area contributed by atoms with Gasteiger partial charge in [0, 0.05) is 29.4 Å². The van der Waals surface area contributed by atoms with Gasteiger partial charge in [0.25, 0.3) is 0 Å². The number of aromatic nitrogens is 2. The van der Waals surface area contributed by atoms with E-state index < -0.39 is 0 Å². The molecule has 0 radical (unpaired) electrons. The second-order valence-electron chi connectivity index (χ2n) is 6.43. The van der Waals surface area contributed by atoms with Crippen LogP contribution in [0, 0.1) is 0 Å². The summed E-state index contributed by atoms with van der Waals surface area (Å²) in [5.41, 5.74) is 3.02. The van der Waals surface area contributed by atoms with Gasteiger partial charge < -0.3 is 10.1 Å². The molecule has 2 aromatic carbocycles. The number of anilines is 1. The Labute approximate surface area is 173 Å². The van der Waals surface area contributed by atoms with Crippen molar-refractivity contribution in [1.82, 2.24) is 9.78 Å². The van der Waals surface area contributed by atoms with E-state index in [0.29, 0.717) is 18.7 Å². The fraction of sp³-hybridized carbons (Fsp3) is 0.238. The molecule has 1 aliphatic heterocycles. The normalized spacial score (nSPS) is 12.6. The summed E-state index contributed by atoms with van der Waals surface area (Å²) in [6, 6.07) is 17.4. The third-order valence-corrected chi connectivity index (χ3v) is 5.64. The maximum atomic E-state index is 12.3. The molecule has 1 aliphatic rings. The van der Waals surface area contributed by atoms with Crippen molar-refractivity contribution in [2.24, 2.45) is 0 Å². The van der Waals surface area contributed by atoms with Crippen molar-refractivity contribution in [3.8, 4) is 17.2 Å². The van der Waals surface area contributed by atoms with Gasteiger partial charge in [0.05, 0.1) is 11.4 Å². The Kier molecular flexibility index (Phi) is 5.88. The fourth-order valence-corrected chi connectivity index (χ4v) is 4.20. The molecule has 1 amide bonds. The molecule has 0 spiro atoms. The minimum absolute atomic E-state index is 0.0365. The van der Waals surface area contributed by atoms with Crippen LogP contribution in [0.3, 0.4) is 0 Å². The number of rotatable bonds is 7. The van der Waals surface area contributed by atoms with E-state index in [0.717, 1.165) is 45.8 Å². The van der Waals surface area contributed by atoms with Crippen LogP contribution in [0.5, 0.6) is 11.5 Å². The van der Waals surface area contributed by atoms with Crippen LogP contribution in [0.1, 0.15) is 24.1 Å². The number of carbonyl (C=O) groups is 1. The molecular weight excluding hydrogens is 394 g/mol. The monoisotopic (exact) mass is 413 g/mol. The summed E-state index contributed by atoms with van der Waals surface area (Å²) in [5.74, 6) is 4.46. The van der Waals surface area contributed by atoms with Crippen LogP contribution >= 0.6 is 23.4 Å². The molecule has 7 heteroatoms. The molecule has 0 bridgehead atoms. The van der Waals surface area contributed by atoms with E-state index in [9.17, 15) is 4.79 Å². The summed E-state index contributed by atoms with van der Waals surface area (Å²) in [7, 11) is 0. The number of alkyl halides is 1. The number of hydrogen-bond donors (Lipinski definition) is 1. The first-order chi connectivity index (χ1) is 13.7. The smallest absolute Gasteiger partial charge is 0.225 e. The standard InChI is InChI=1S/C21H20ClN3O2S/c22-12-4-7-20(26)23-21-18-13-28-14-19(18)24-25(21)15-8-10-17(11-9-15)27-16-5-2-1-3-6-16/h1-3,5-6,8-11H,4,7,12-14H2,(H,23,26). The lowest BCUT2D eigenvalue weighted by Gasteiger charge is -2.12. The molecular formula is C21H20ClN3O2S. The maximum absolute atomic E-state index is 12.3. The van der Waals surface area contributed by atoms with Crippen LogP contribution in [0.15, 0.2) is 54.6 Å². The Morgan fingerprint density at radius 2 is 1.86 bits per heavy atom. The Morgan fingerprint density at radius 3 is 2.61 bits per heavy atom. The van der Waals surface area contributed by atoms with Crippen LogP contribution in [0.4, 0.5) is 5.82 Å². The third kappa shape index (κ3) is 4.18. The molecule has 1 N–H and O–H groups in total. The second kappa shape index (κ2) is 8.71. The number of para-hydroxylation sites is 1. The quantitative estimate of drug-likeness (QED) is 0.529. The number of amides is 1. The summed E-state index contributed by atoms with van der Waals surface area (Å²) in [5, 5.41) is 7.76. The highest BCUT2D eigenvalue weighted by molar-refractivity contribution is 7.98. The van der Waals surface area contributed by atoms with Crippen LogP contribution < -0.4 is 10.1 Å². The summed E-state index contributed by atoms with van der Waals surface area (Å²) in [6.07, 6.45) is 1.06. The third-order valence-electron chi connectivity index (χ3n) is 4.41. The summed E-state index contributed by atoms with van der Waals surface area (Å²) < 4.78 is 7.67. The molecule has 144 valence electrons. The number of halogens is 1. The molecule has 28 heavy (non-hydrogen) atoms. The molecule has 0 atom stereocenters. The predicted molar refractivity (Wildman–Crippen MR) is 114 cm³/mol. The minimum atomic E-state index is -0.0365. The zero-order valence-electron chi connectivity index (χ0n) is 15.2. The Hall–Kier alpha value is -2.44. The molecule has 2 heterocycles. The van der Waals surface area contributed by atoms with Gasteiger partial charge in [-0.2, -0.15) is 16.9 Å². The van der Waals surface area contributed by atoms with Crippen molar-refractivity contribution in [3.63, 3.8) is 0 Å². The molecule has 0 saturated heterocycles. The number of nitrogens with one attached hydrogen (secondary N) is 1. The van der Waals surface area contributed by atoms with Crippen LogP contribution in [-0.2, 0) is 16.3 Å². The predicted octanol–water partition coefficient (Wildman–Crippen LogP) is 5.37. The number of hydrogen-bond acceptors (Lipinski definition) is 4. The number of carbonyl (C=O) groups excluding carboxylic acids is 1. The van der Waals surface area contributed by atoms with E-state index in [2.05, 4.69) is 5.32 Å². The molecule has 0 saturated carbocycles. The first kappa shape index (κ1) is 18.9. The van der Waals surface area contributed by atoms with Crippen molar-refractivity contribution in [3.05, 3.63) is 65.9 Å². The fourth-order valence-electron chi connectivity index (χ4n) is 3.03. The zero-order valence-corrected chi connectivity index (χ0v) is 16.8. The lowest BCUT2D eigenvalue weighted by molar-refractivity contribution is -0.116. The van der Waals surface area contributed by atoms with Gasteiger partial charge in [-0.1, -0.05) is 18.2 Å². The Balaban J connectivity index is 1.57. The van der Waals surface area contributed by atoms with Crippen molar-refractivity contribution in [2.75, 3.05) is 11.2 Å². The topological polar surface area (TPSA) is 56.2 Å². The van der Waals surface area contributed by atoms with Crippen molar-refractivity contribution < 1.29 is 9.53 Å². The second-order valence-corrected chi connectivity index (χ2v) is 7.79. The summed E-state index contributed by atoms with van der Waals surface area (Å²) in [6.45, 7) is 0. The van der Waals surface area contributed by atoms with Gasteiger partial charge in [-0.3, -0.25) is 4.79 Å². The summed E-state index contributed by atoms with van der Waals surface area (Å²) in [4.78, 5) is 12.3. The average molecular weight is 414 g/mol. The summed E-state index contributed by atoms with van der Waals surface area (Å²) >= 11 is 7.52. The molecule has 0 unspecified atom stereocenters. The van der Waals surface area contributed by atoms with E-state index >= 15 is 0 Å². The average Bonchev–Trinajstić information content (AvgIpc) is 3.30. The highest BCUT2D eigenvalue weighted by Crippen LogP contribution is 2.36. The number of fused-ring (bicyclic) bond motifs is 1. The van der Waals surface area contributed by atoms with E-state index in [1.807, 2.05) is 71.0 Å². The zero-order chi connectivity index (χ0) is 19.3. The highest BCUT2D eigenvalue weighted by atomic mass is 35.5. The van der Waals surface area contributed by atoms with Gasteiger partial charge in [0.1, 0.15) is 17.3 Å². The number of nitrogens with zero attached hydrogens (tertiary/aromatic N) is 2. The minimum Gasteiger partial charge on any atom is -0.457 e. The number of ether oxygens (including phenoxy) is 1. The number of thioether (sulfide) groups is 1. The number of benzene rings is 2. The highest BCUT2D eigenvalue weighted by Gasteiger charge is 2.24. The molecule has 0 aliphatic carbocycles. The van der Waals surface area contributed by atoms with Gasteiger partial charge in [-0.15, -0.1) is 11.6 Å². The SMILES string of the molecule is O=C(CCCCl)Nc1c2c(nn1-c1ccc(Oc3ccccc3)cc1)CSC2. The van der Waals surface area contributed by atoms with Gasteiger partial charge in [0.2, 0.25) is 5.91 Å². The van der Waals surface area contributed by atoms with Gasteiger partial charge in [0.15, 0.2) is 0 Å². The van der Waals surface area contributed by atoms with Crippen LogP contribution in [0.25, 0.3) is 5.69 Å². The molecule has 4 rings (SSSR count). The Morgan fingerprint density at radius 1 is 1.11 bits per heavy atom. The van der Waals surface area contributed by atoms with Crippen molar-refractivity contribution in [2.45, 2.75) is 24.3 Å². The van der Waals surface area contributed by atoms with E-state index in [-0.39, 0.29) is 5.91 Å². The van der Waals surface area contributed by atoms with Crippen molar-refractivity contribution >= 4 is 35.1 Å². The first-order valence-corrected chi connectivity index (χ1v) is 10.8. The molecule has 5 nitrogen and oxygen atoms in total. The molecule has 3 aromatic rings. The van der Waals surface area contributed by atoms with E-state index in [1.54, 1.807) is 0 Å².